The summed E-state index contributed by atoms with van der Waals surface area (Å²) in [5.74, 6) is 0. The molecule has 0 aromatic heterocycles. The van der Waals surface area contributed by atoms with Gasteiger partial charge in [0.15, 0.2) is 0 Å². The van der Waals surface area contributed by atoms with Crippen LogP contribution in [0.5, 0.6) is 0 Å². The zero-order chi connectivity index (χ0) is 13.8. The summed E-state index contributed by atoms with van der Waals surface area (Å²) in [4.78, 5) is 7.21. The Morgan fingerprint density at radius 3 is 2.47 bits per heavy atom. The van der Waals surface area contributed by atoms with Crippen LogP contribution >= 0.6 is 11.6 Å². The van der Waals surface area contributed by atoms with Gasteiger partial charge in [-0.1, -0.05) is 30.7 Å². The van der Waals surface area contributed by atoms with Crippen molar-refractivity contribution in [3.8, 4) is 0 Å². The van der Waals surface area contributed by atoms with E-state index < -0.39 is 0 Å². The molecule has 1 heterocycles. The van der Waals surface area contributed by atoms with Crippen LogP contribution in [0, 0.1) is 0 Å². The van der Waals surface area contributed by atoms with Crippen molar-refractivity contribution in [1.82, 2.24) is 4.90 Å². The molecule has 0 atom stereocenters. The highest BCUT2D eigenvalue weighted by molar-refractivity contribution is 6.30. The highest BCUT2D eigenvalue weighted by Crippen LogP contribution is 2.22. The highest BCUT2D eigenvalue weighted by atomic mass is 35.5. The number of rotatable bonds is 3. The van der Waals surface area contributed by atoms with E-state index >= 15 is 0 Å². The average molecular weight is 277 g/mol. The monoisotopic (exact) mass is 276 g/mol. The van der Waals surface area contributed by atoms with Crippen molar-refractivity contribution < 1.29 is 0 Å². The SMILES string of the molecule is CCC1=C(C)N(CC)CCN=C1c1ccc(Cl)cc1. The highest BCUT2D eigenvalue weighted by Gasteiger charge is 2.17. The van der Waals surface area contributed by atoms with Crippen molar-refractivity contribution >= 4 is 17.3 Å². The van der Waals surface area contributed by atoms with Gasteiger partial charge in [-0.05, 0) is 38.0 Å². The van der Waals surface area contributed by atoms with Crippen LogP contribution in [-0.2, 0) is 0 Å². The molecule has 0 saturated heterocycles. The lowest BCUT2D eigenvalue weighted by Crippen LogP contribution is -2.24. The molecule has 0 spiro atoms. The van der Waals surface area contributed by atoms with Gasteiger partial charge < -0.3 is 4.90 Å². The molecule has 2 nitrogen and oxygen atoms in total. The largest absolute Gasteiger partial charge is 0.373 e. The molecule has 0 bridgehead atoms. The molecule has 102 valence electrons. The minimum atomic E-state index is 0.770. The summed E-state index contributed by atoms with van der Waals surface area (Å²) in [5, 5.41) is 0.770. The lowest BCUT2D eigenvalue weighted by molar-refractivity contribution is 0.373. The average Bonchev–Trinajstić information content (AvgIpc) is 2.58. The van der Waals surface area contributed by atoms with Gasteiger partial charge in [0.1, 0.15) is 0 Å². The maximum absolute atomic E-state index is 5.97. The van der Waals surface area contributed by atoms with Crippen molar-refractivity contribution in [2.24, 2.45) is 4.99 Å². The number of benzene rings is 1. The Kier molecular flexibility index (Phi) is 4.65. The molecule has 0 radical (unpaired) electrons. The van der Waals surface area contributed by atoms with E-state index in [1.54, 1.807) is 0 Å². The van der Waals surface area contributed by atoms with Gasteiger partial charge in [-0.25, -0.2) is 0 Å². The third kappa shape index (κ3) is 3.01. The molecule has 1 aliphatic heterocycles. The molecule has 19 heavy (non-hydrogen) atoms. The summed E-state index contributed by atoms with van der Waals surface area (Å²) in [5.41, 5.74) is 5.00. The zero-order valence-corrected chi connectivity index (χ0v) is 12.7. The second-order valence-corrected chi connectivity index (χ2v) is 5.17. The summed E-state index contributed by atoms with van der Waals surface area (Å²) in [6.07, 6.45) is 1.00. The summed E-state index contributed by atoms with van der Waals surface area (Å²) in [6, 6.07) is 7.99. The predicted octanol–water partition coefficient (Wildman–Crippen LogP) is 4.15. The molecule has 0 unspecified atom stereocenters. The lowest BCUT2D eigenvalue weighted by atomic mass is 9.98. The first-order chi connectivity index (χ1) is 9.17. The van der Waals surface area contributed by atoms with Crippen molar-refractivity contribution in [2.75, 3.05) is 19.6 Å². The minimum absolute atomic E-state index is 0.770. The number of halogens is 1. The summed E-state index contributed by atoms with van der Waals surface area (Å²) in [7, 11) is 0. The maximum Gasteiger partial charge on any atom is 0.0696 e. The summed E-state index contributed by atoms with van der Waals surface area (Å²) in [6.45, 7) is 9.50. The van der Waals surface area contributed by atoms with Gasteiger partial charge in [0, 0.05) is 29.4 Å². The Morgan fingerprint density at radius 1 is 1.21 bits per heavy atom. The van der Waals surface area contributed by atoms with Crippen LogP contribution in [0.3, 0.4) is 0 Å². The van der Waals surface area contributed by atoms with E-state index in [1.807, 2.05) is 12.1 Å². The molecule has 0 N–H and O–H groups in total. The number of nitrogens with zero attached hydrogens (tertiary/aromatic N) is 2. The van der Waals surface area contributed by atoms with Crippen LogP contribution in [0.2, 0.25) is 5.02 Å². The van der Waals surface area contributed by atoms with E-state index in [-0.39, 0.29) is 0 Å². The molecule has 0 fully saturated rings. The van der Waals surface area contributed by atoms with Gasteiger partial charge in [-0.3, -0.25) is 4.99 Å². The number of hydrogen-bond donors (Lipinski definition) is 0. The summed E-state index contributed by atoms with van der Waals surface area (Å²) < 4.78 is 0. The molecule has 0 aliphatic carbocycles. The van der Waals surface area contributed by atoms with Gasteiger partial charge in [0.25, 0.3) is 0 Å². The van der Waals surface area contributed by atoms with Gasteiger partial charge >= 0.3 is 0 Å². The molecule has 0 amide bonds. The molecular formula is C16H21ClN2. The first-order valence-corrected chi connectivity index (χ1v) is 7.30. The second kappa shape index (κ2) is 6.25. The fourth-order valence-corrected chi connectivity index (χ4v) is 2.73. The molecule has 1 aromatic carbocycles. The second-order valence-electron chi connectivity index (χ2n) is 4.73. The number of hydrogen-bond acceptors (Lipinski definition) is 2. The number of aliphatic imine (C=N–C) groups is 1. The van der Waals surface area contributed by atoms with Crippen molar-refractivity contribution in [3.05, 3.63) is 46.1 Å². The van der Waals surface area contributed by atoms with Crippen molar-refractivity contribution in [3.63, 3.8) is 0 Å². The van der Waals surface area contributed by atoms with E-state index in [1.165, 1.54) is 16.8 Å². The Bertz CT molecular complexity index is 500. The van der Waals surface area contributed by atoms with E-state index in [4.69, 9.17) is 16.6 Å². The quantitative estimate of drug-likeness (QED) is 0.810. The van der Waals surface area contributed by atoms with Crippen molar-refractivity contribution in [2.45, 2.75) is 27.2 Å². The topological polar surface area (TPSA) is 15.6 Å². The van der Waals surface area contributed by atoms with E-state index in [9.17, 15) is 0 Å². The fraction of sp³-hybridized carbons (Fsp3) is 0.438. The van der Waals surface area contributed by atoms with E-state index in [2.05, 4.69) is 37.8 Å². The molecule has 3 heteroatoms. The van der Waals surface area contributed by atoms with Gasteiger partial charge in [0.05, 0.1) is 12.3 Å². The van der Waals surface area contributed by atoms with Gasteiger partial charge in [-0.2, -0.15) is 0 Å². The molecule has 2 rings (SSSR count). The van der Waals surface area contributed by atoms with Crippen LogP contribution in [0.1, 0.15) is 32.8 Å². The van der Waals surface area contributed by atoms with E-state index in [0.717, 1.165) is 36.8 Å². The van der Waals surface area contributed by atoms with E-state index in [0.29, 0.717) is 0 Å². The smallest absolute Gasteiger partial charge is 0.0696 e. The fourth-order valence-electron chi connectivity index (χ4n) is 2.60. The lowest BCUT2D eigenvalue weighted by Gasteiger charge is -2.23. The first kappa shape index (κ1) is 14.1. The Morgan fingerprint density at radius 2 is 1.89 bits per heavy atom. The summed E-state index contributed by atoms with van der Waals surface area (Å²) >= 11 is 5.97. The number of allylic oxidation sites excluding steroid dienone is 2. The third-order valence-corrected chi connectivity index (χ3v) is 3.94. The van der Waals surface area contributed by atoms with Crippen LogP contribution in [0.25, 0.3) is 0 Å². The number of likely N-dealkylation sites (N-methyl/N-ethyl adjacent to an activating group) is 1. The Labute approximate surface area is 120 Å². The third-order valence-electron chi connectivity index (χ3n) is 3.69. The van der Waals surface area contributed by atoms with Crippen LogP contribution in [0.4, 0.5) is 0 Å². The zero-order valence-electron chi connectivity index (χ0n) is 11.9. The standard InChI is InChI=1S/C16H21ClN2/c1-4-15-12(3)19(5-2)11-10-18-16(15)13-6-8-14(17)9-7-13/h6-9H,4-5,10-11H2,1-3H3. The molecular weight excluding hydrogens is 256 g/mol. The normalized spacial score (nSPS) is 16.4. The molecule has 0 saturated carbocycles. The Balaban J connectivity index is 2.45. The van der Waals surface area contributed by atoms with Crippen LogP contribution < -0.4 is 0 Å². The minimum Gasteiger partial charge on any atom is -0.373 e. The van der Waals surface area contributed by atoms with Crippen molar-refractivity contribution in [1.29, 1.82) is 0 Å². The first-order valence-electron chi connectivity index (χ1n) is 6.92. The predicted molar refractivity (Wildman–Crippen MR) is 83.1 cm³/mol. The van der Waals surface area contributed by atoms with Gasteiger partial charge in [0.2, 0.25) is 0 Å². The Hall–Kier alpha value is -1.28. The molecule has 1 aromatic rings. The molecule has 1 aliphatic rings. The van der Waals surface area contributed by atoms with Gasteiger partial charge in [-0.15, -0.1) is 0 Å². The van der Waals surface area contributed by atoms with Crippen LogP contribution in [-0.4, -0.2) is 30.2 Å². The van der Waals surface area contributed by atoms with Crippen LogP contribution in [0.15, 0.2) is 40.5 Å². The maximum atomic E-state index is 5.97.